The molecule has 0 aliphatic heterocycles. The Labute approximate surface area is 174 Å². The number of hydrogen-bond donors (Lipinski definition) is 4. The van der Waals surface area contributed by atoms with Crippen molar-refractivity contribution in [2.45, 2.75) is 31.7 Å². The monoisotopic (exact) mass is 356 g/mol. The maximum absolute atomic E-state index is 10.8. The Hall–Kier alpha value is 0.156. The molecule has 0 amide bonds. The summed E-state index contributed by atoms with van der Waals surface area (Å²) in [7, 11) is -2.86. The normalized spacial score (nSPS) is 11.1. The first-order chi connectivity index (χ1) is 9.88. The van der Waals surface area contributed by atoms with Crippen molar-refractivity contribution in [2.75, 3.05) is 6.54 Å². The van der Waals surface area contributed by atoms with Gasteiger partial charge in [0, 0.05) is 17.0 Å². The summed E-state index contributed by atoms with van der Waals surface area (Å²) in [6.07, 6.45) is 3.98. The van der Waals surface area contributed by atoms with Gasteiger partial charge in [0.15, 0.2) is 0 Å². The summed E-state index contributed by atoms with van der Waals surface area (Å²) in [5.41, 5.74) is 12.6. The van der Waals surface area contributed by atoms with Gasteiger partial charge >= 0.3 is 57.4 Å². The molecule has 6 N–H and O–H groups in total. The topological polar surface area (TPSA) is 144 Å². The van der Waals surface area contributed by atoms with Crippen LogP contribution in [0.1, 0.15) is 47.6 Å². The predicted octanol–water partition coefficient (Wildman–Crippen LogP) is -1.32. The van der Waals surface area contributed by atoms with Crippen molar-refractivity contribution in [2.24, 2.45) is 11.5 Å². The van der Waals surface area contributed by atoms with Crippen LogP contribution >= 0.6 is 0 Å². The summed E-state index contributed by atoms with van der Waals surface area (Å²) in [5.74, 6) is -0.915. The van der Waals surface area contributed by atoms with Crippen LogP contribution in [0.3, 0.4) is 0 Å². The van der Waals surface area contributed by atoms with Gasteiger partial charge in [-0.1, -0.05) is 25.0 Å². The summed E-state index contributed by atoms with van der Waals surface area (Å²) < 4.78 is 24.1. The van der Waals surface area contributed by atoms with E-state index in [1.54, 1.807) is 18.2 Å². The molecule has 0 bridgehead atoms. The van der Waals surface area contributed by atoms with E-state index in [0.29, 0.717) is 12.1 Å². The number of carboxylic acid groups (broad SMARTS) is 1. The molecule has 0 aliphatic rings. The zero-order valence-electron chi connectivity index (χ0n) is 12.6. The fourth-order valence-electron chi connectivity index (χ4n) is 1.75. The second-order valence-electron chi connectivity index (χ2n) is 4.39. The molecule has 0 spiro atoms. The number of unbranched alkanes of at least 4 members (excludes halogenated alkanes) is 2. The Morgan fingerprint density at radius 1 is 1.23 bits per heavy atom. The molecule has 0 radical (unpaired) electrons. The standard InChI is InChI=1S/C13H20N2O2.K.HO3S/c14-8-3-1-2-7-12(15)10-5-4-6-11(9-10)13(16)17;;1-4(2)3/h4-6,9,12H,1-3,7-8,14-15H2,(H,16,17);;(H,1,2,3)/q;+1;-1. The van der Waals surface area contributed by atoms with Crippen molar-refractivity contribution >= 4 is 17.0 Å². The van der Waals surface area contributed by atoms with Gasteiger partial charge in [0.05, 0.1) is 5.56 Å². The zero-order chi connectivity index (χ0) is 16.3. The van der Waals surface area contributed by atoms with Crippen molar-refractivity contribution < 1.29 is 74.3 Å². The van der Waals surface area contributed by atoms with Crippen LogP contribution in [0.5, 0.6) is 0 Å². The van der Waals surface area contributed by atoms with Crippen LogP contribution in [0.2, 0.25) is 0 Å². The molecule has 1 aromatic rings. The smallest absolute Gasteiger partial charge is 0.478 e. The van der Waals surface area contributed by atoms with Crippen LogP contribution in [-0.4, -0.2) is 22.2 Å². The van der Waals surface area contributed by atoms with Gasteiger partial charge in [-0.2, -0.15) is 0 Å². The van der Waals surface area contributed by atoms with Gasteiger partial charge in [-0.15, -0.1) is 0 Å². The molecule has 22 heavy (non-hydrogen) atoms. The van der Waals surface area contributed by atoms with E-state index >= 15 is 0 Å². The molecule has 0 aliphatic carbocycles. The molecular formula is C13H21KN2O5S. The van der Waals surface area contributed by atoms with Crippen molar-refractivity contribution in [3.63, 3.8) is 0 Å². The molecule has 1 atom stereocenters. The van der Waals surface area contributed by atoms with Gasteiger partial charge in [0.25, 0.3) is 0 Å². The molecule has 120 valence electrons. The summed E-state index contributed by atoms with van der Waals surface area (Å²) in [4.78, 5) is 10.8. The van der Waals surface area contributed by atoms with Crippen molar-refractivity contribution in [1.82, 2.24) is 0 Å². The Morgan fingerprint density at radius 2 is 1.82 bits per heavy atom. The van der Waals surface area contributed by atoms with E-state index in [9.17, 15) is 4.79 Å². The van der Waals surface area contributed by atoms with Crippen LogP contribution in [0, 0.1) is 0 Å². The number of aromatic carboxylic acids is 1. The van der Waals surface area contributed by atoms with Crippen LogP contribution in [0.15, 0.2) is 24.3 Å². The minimum Gasteiger partial charge on any atom is -0.478 e. The molecule has 7 nitrogen and oxygen atoms in total. The number of carbonyl (C=O) groups is 1. The Balaban J connectivity index is 0. The molecule has 1 rings (SSSR count). The number of nitrogens with two attached hydrogens (primary N) is 2. The Morgan fingerprint density at radius 3 is 2.32 bits per heavy atom. The van der Waals surface area contributed by atoms with Gasteiger partial charge in [-0.25, -0.2) is 4.79 Å². The van der Waals surface area contributed by atoms with E-state index in [-0.39, 0.29) is 57.4 Å². The molecule has 1 aromatic carbocycles. The number of rotatable bonds is 7. The predicted molar refractivity (Wildman–Crippen MR) is 79.2 cm³/mol. The fourth-order valence-corrected chi connectivity index (χ4v) is 1.75. The largest absolute Gasteiger partial charge is 1.00 e. The summed E-state index contributed by atoms with van der Waals surface area (Å²) in [5, 5.41) is 8.88. The SMILES string of the molecule is NCCCCCC(N)c1cccc(C(=O)O)c1.O=[S-](=O)O.[K+]. The van der Waals surface area contributed by atoms with E-state index in [2.05, 4.69) is 0 Å². The van der Waals surface area contributed by atoms with Gasteiger partial charge in [-0.3, -0.25) is 0 Å². The fraction of sp³-hybridized carbons (Fsp3) is 0.462. The number of hydrogen-bond acceptors (Lipinski definition) is 6. The summed E-state index contributed by atoms with van der Waals surface area (Å²) >= 11 is 0. The van der Waals surface area contributed by atoms with Crippen LogP contribution < -0.4 is 62.9 Å². The van der Waals surface area contributed by atoms with Gasteiger partial charge in [0.1, 0.15) is 0 Å². The number of benzene rings is 1. The van der Waals surface area contributed by atoms with E-state index in [0.717, 1.165) is 31.2 Å². The first-order valence-corrected chi connectivity index (χ1v) is 7.49. The zero-order valence-corrected chi connectivity index (χ0v) is 16.5. The van der Waals surface area contributed by atoms with Crippen molar-refractivity contribution in [3.05, 3.63) is 35.4 Å². The third kappa shape index (κ3) is 12.7. The third-order valence-corrected chi connectivity index (χ3v) is 2.78. The molecule has 0 saturated heterocycles. The average Bonchev–Trinajstić information content (AvgIpc) is 2.43. The second-order valence-corrected chi connectivity index (χ2v) is 4.83. The van der Waals surface area contributed by atoms with Crippen LogP contribution in [0.25, 0.3) is 0 Å². The van der Waals surface area contributed by atoms with E-state index in [4.69, 9.17) is 29.5 Å². The maximum atomic E-state index is 10.8. The van der Waals surface area contributed by atoms with Crippen molar-refractivity contribution in [3.8, 4) is 0 Å². The summed E-state index contributed by atoms with van der Waals surface area (Å²) in [6, 6.07) is 6.74. The molecule has 0 saturated carbocycles. The maximum Gasteiger partial charge on any atom is 1.00 e. The minimum atomic E-state index is -2.86. The Bertz CT molecular complexity index is 503. The quantitative estimate of drug-likeness (QED) is 0.156. The second kappa shape index (κ2) is 14.7. The van der Waals surface area contributed by atoms with Gasteiger partial charge in [-0.05, 0) is 37.1 Å². The van der Waals surface area contributed by atoms with Crippen molar-refractivity contribution in [1.29, 1.82) is 0 Å². The molecule has 0 aromatic heterocycles. The minimum absolute atomic E-state index is 0. The molecule has 0 heterocycles. The first-order valence-electron chi connectivity index (χ1n) is 6.45. The number of carboxylic acids is 1. The third-order valence-electron chi connectivity index (χ3n) is 2.78. The Kier molecular flexibility index (Phi) is 16.3. The molecule has 1 unspecified atom stereocenters. The van der Waals surface area contributed by atoms with Gasteiger partial charge in [0.2, 0.25) is 0 Å². The average molecular weight is 356 g/mol. The van der Waals surface area contributed by atoms with E-state index < -0.39 is 17.0 Å². The summed E-state index contributed by atoms with van der Waals surface area (Å²) in [6.45, 7) is 0.712. The van der Waals surface area contributed by atoms with Crippen LogP contribution in [0.4, 0.5) is 0 Å². The van der Waals surface area contributed by atoms with E-state index in [1.165, 1.54) is 0 Å². The molecule has 9 heteroatoms. The van der Waals surface area contributed by atoms with E-state index in [1.807, 2.05) is 6.07 Å². The van der Waals surface area contributed by atoms with Gasteiger partial charge < -0.3 is 29.5 Å². The molecule has 0 fully saturated rings. The first kappa shape index (κ1) is 24.4. The molecular weight excluding hydrogens is 335 g/mol. The van der Waals surface area contributed by atoms with Crippen LogP contribution in [-0.2, 0) is 19.4 Å².